The Labute approximate surface area is 214 Å². The summed E-state index contributed by atoms with van der Waals surface area (Å²) in [6.45, 7) is 5.08. The highest BCUT2D eigenvalue weighted by atomic mass is 127. The largest absolute Gasteiger partial charge is 0.357 e. The molecule has 2 N–H and O–H groups in total. The Morgan fingerprint density at radius 1 is 1.18 bits per heavy atom. The van der Waals surface area contributed by atoms with Gasteiger partial charge in [0.2, 0.25) is 11.7 Å². The number of guanidine groups is 1. The Morgan fingerprint density at radius 2 is 2.03 bits per heavy atom. The summed E-state index contributed by atoms with van der Waals surface area (Å²) in [7, 11) is 0. The van der Waals surface area contributed by atoms with E-state index in [4.69, 9.17) is 16.1 Å². The van der Waals surface area contributed by atoms with Gasteiger partial charge in [-0.2, -0.15) is 10.1 Å². The first-order valence-electron chi connectivity index (χ1n) is 10.4. The van der Waals surface area contributed by atoms with Gasteiger partial charge in [-0.25, -0.2) is 9.67 Å². The van der Waals surface area contributed by atoms with Gasteiger partial charge in [0.25, 0.3) is 0 Å². The van der Waals surface area contributed by atoms with E-state index in [2.05, 4.69) is 49.9 Å². The first-order chi connectivity index (χ1) is 15.6. The van der Waals surface area contributed by atoms with Crippen LogP contribution in [-0.2, 0) is 6.54 Å². The molecule has 0 aliphatic heterocycles. The number of aliphatic imine (C=N–C) groups is 1. The maximum Gasteiger partial charge on any atom is 0.248 e. The van der Waals surface area contributed by atoms with Crippen LogP contribution in [0.2, 0.25) is 5.02 Å². The van der Waals surface area contributed by atoms with E-state index in [1.54, 1.807) is 18.3 Å². The first-order valence-corrected chi connectivity index (χ1v) is 10.7. The maximum absolute atomic E-state index is 6.05. The molecular weight excluding hydrogens is 553 g/mol. The summed E-state index contributed by atoms with van der Waals surface area (Å²) < 4.78 is 7.19. The Balaban J connectivity index is 0.00000306. The molecule has 0 amide bonds. The molecule has 0 radical (unpaired) electrons. The molecule has 0 aliphatic carbocycles. The number of benzene rings is 2. The summed E-state index contributed by atoms with van der Waals surface area (Å²) in [5.74, 6) is 1.57. The molecule has 33 heavy (non-hydrogen) atoms. The number of hydrogen-bond donors (Lipinski definition) is 2. The second-order valence-corrected chi connectivity index (χ2v) is 7.57. The highest BCUT2D eigenvalue weighted by Crippen LogP contribution is 2.20. The van der Waals surface area contributed by atoms with Crippen molar-refractivity contribution in [3.05, 3.63) is 83.5 Å². The van der Waals surface area contributed by atoms with E-state index in [9.17, 15) is 0 Å². The van der Waals surface area contributed by atoms with E-state index in [-0.39, 0.29) is 36.6 Å². The Morgan fingerprint density at radius 3 is 2.79 bits per heavy atom. The minimum absolute atomic E-state index is 0. The minimum Gasteiger partial charge on any atom is -0.357 e. The Hall–Kier alpha value is -2.92. The fraction of sp³-hybridized carbons (Fsp3) is 0.217. The quantitative estimate of drug-likeness (QED) is 0.182. The van der Waals surface area contributed by atoms with E-state index in [0.717, 1.165) is 23.4 Å². The lowest BCUT2D eigenvalue weighted by molar-refractivity contribution is 0.380. The lowest BCUT2D eigenvalue weighted by Crippen LogP contribution is -2.38. The van der Waals surface area contributed by atoms with Gasteiger partial charge in [0.1, 0.15) is 6.54 Å². The second kappa shape index (κ2) is 11.8. The van der Waals surface area contributed by atoms with Crippen molar-refractivity contribution in [1.82, 2.24) is 30.6 Å². The van der Waals surface area contributed by atoms with Crippen LogP contribution in [0.3, 0.4) is 0 Å². The van der Waals surface area contributed by atoms with Gasteiger partial charge in [-0.1, -0.05) is 41.0 Å². The van der Waals surface area contributed by atoms with Crippen molar-refractivity contribution in [2.45, 2.75) is 26.4 Å². The molecule has 0 bridgehead atoms. The summed E-state index contributed by atoms with van der Waals surface area (Å²) >= 11 is 6.05. The molecule has 8 nitrogen and oxygen atoms in total. The third kappa shape index (κ3) is 6.55. The normalized spacial score (nSPS) is 12.2. The predicted octanol–water partition coefficient (Wildman–Crippen LogP) is 5.01. The molecule has 10 heteroatoms. The molecule has 4 aromatic rings. The molecule has 2 aromatic carbocycles. The molecule has 1 unspecified atom stereocenters. The van der Waals surface area contributed by atoms with Crippen molar-refractivity contribution >= 4 is 41.5 Å². The third-order valence-electron chi connectivity index (χ3n) is 4.76. The van der Waals surface area contributed by atoms with Crippen molar-refractivity contribution in [2.24, 2.45) is 4.99 Å². The summed E-state index contributed by atoms with van der Waals surface area (Å²) in [5.41, 5.74) is 2.92. The molecule has 172 valence electrons. The fourth-order valence-corrected chi connectivity index (χ4v) is 3.37. The summed E-state index contributed by atoms with van der Waals surface area (Å²) in [6.07, 6.45) is 3.68. The van der Waals surface area contributed by atoms with Crippen molar-refractivity contribution < 1.29 is 4.52 Å². The lowest BCUT2D eigenvalue weighted by Gasteiger charge is -2.18. The van der Waals surface area contributed by atoms with Crippen molar-refractivity contribution in [1.29, 1.82) is 0 Å². The van der Waals surface area contributed by atoms with Gasteiger partial charge in [-0.05, 0) is 49.7 Å². The van der Waals surface area contributed by atoms with E-state index in [1.807, 2.05) is 48.1 Å². The monoisotopic (exact) mass is 577 g/mol. The number of aromatic nitrogens is 4. The summed E-state index contributed by atoms with van der Waals surface area (Å²) in [6, 6.07) is 17.5. The number of nitrogens with one attached hydrogen (secondary N) is 2. The van der Waals surface area contributed by atoms with Crippen molar-refractivity contribution in [3.63, 3.8) is 0 Å². The van der Waals surface area contributed by atoms with Gasteiger partial charge >= 0.3 is 0 Å². The van der Waals surface area contributed by atoms with Crippen LogP contribution in [0.15, 0.2) is 76.5 Å². The Bertz CT molecular complexity index is 1190. The Kier molecular flexibility index (Phi) is 8.84. The molecule has 0 aliphatic rings. The molecule has 4 rings (SSSR count). The van der Waals surface area contributed by atoms with Crippen LogP contribution >= 0.6 is 35.6 Å². The number of halogens is 2. The zero-order valence-electron chi connectivity index (χ0n) is 18.3. The molecule has 0 saturated heterocycles. The number of nitrogens with zero attached hydrogens (tertiary/aromatic N) is 5. The summed E-state index contributed by atoms with van der Waals surface area (Å²) in [4.78, 5) is 9.02. The van der Waals surface area contributed by atoms with Gasteiger partial charge in [0, 0.05) is 29.5 Å². The second-order valence-electron chi connectivity index (χ2n) is 7.13. The van der Waals surface area contributed by atoms with Gasteiger partial charge in [-0.3, -0.25) is 0 Å². The van der Waals surface area contributed by atoms with Crippen LogP contribution < -0.4 is 10.6 Å². The number of rotatable bonds is 7. The maximum atomic E-state index is 6.05. The molecule has 0 saturated carbocycles. The van der Waals surface area contributed by atoms with Crippen LogP contribution in [0.25, 0.3) is 17.1 Å². The molecular formula is C23H25ClIN7O. The smallest absolute Gasteiger partial charge is 0.248 e. The van der Waals surface area contributed by atoms with Gasteiger partial charge < -0.3 is 15.2 Å². The fourth-order valence-electron chi connectivity index (χ4n) is 3.18. The van der Waals surface area contributed by atoms with Gasteiger partial charge in [0.05, 0.1) is 11.7 Å². The van der Waals surface area contributed by atoms with E-state index in [1.165, 1.54) is 0 Å². The average molecular weight is 578 g/mol. The summed E-state index contributed by atoms with van der Waals surface area (Å²) in [5, 5.41) is 15.6. The van der Waals surface area contributed by atoms with Gasteiger partial charge in [-0.15, -0.1) is 24.0 Å². The van der Waals surface area contributed by atoms with Crippen LogP contribution in [0.5, 0.6) is 0 Å². The topological polar surface area (TPSA) is 93.2 Å². The van der Waals surface area contributed by atoms with Crippen molar-refractivity contribution in [3.8, 4) is 17.1 Å². The highest BCUT2D eigenvalue weighted by Gasteiger charge is 2.12. The molecule has 1 atom stereocenters. The lowest BCUT2D eigenvalue weighted by atomic mass is 10.1. The molecule has 0 fully saturated rings. The van der Waals surface area contributed by atoms with Crippen LogP contribution in [0.1, 0.15) is 31.3 Å². The zero-order chi connectivity index (χ0) is 22.3. The van der Waals surface area contributed by atoms with E-state index >= 15 is 0 Å². The average Bonchev–Trinajstić information content (AvgIpc) is 3.50. The third-order valence-corrected chi connectivity index (χ3v) is 5.00. The van der Waals surface area contributed by atoms with E-state index in [0.29, 0.717) is 22.7 Å². The van der Waals surface area contributed by atoms with Crippen LogP contribution in [0, 0.1) is 0 Å². The first kappa shape index (κ1) is 24.7. The van der Waals surface area contributed by atoms with Crippen molar-refractivity contribution in [2.75, 3.05) is 6.54 Å². The molecule has 2 aromatic heterocycles. The highest BCUT2D eigenvalue weighted by molar-refractivity contribution is 14.0. The van der Waals surface area contributed by atoms with Crippen LogP contribution in [0.4, 0.5) is 0 Å². The molecule has 2 heterocycles. The molecule has 0 spiro atoms. The number of hydrogen-bond acceptors (Lipinski definition) is 5. The predicted molar refractivity (Wildman–Crippen MR) is 140 cm³/mol. The minimum atomic E-state index is 0. The van der Waals surface area contributed by atoms with Crippen LogP contribution in [-0.4, -0.2) is 32.4 Å². The van der Waals surface area contributed by atoms with E-state index < -0.39 is 0 Å². The zero-order valence-corrected chi connectivity index (χ0v) is 21.4. The standard InChI is InChI=1S/C23H24ClN7O.HI/c1-3-25-23(26-15-21-29-22(30-32-21)18-8-4-9-19(24)13-18)28-16(2)17-7-5-10-20(14-17)31-12-6-11-27-31;/h4-14,16H,3,15H2,1-2H3,(H2,25,26,28);1H. The van der Waals surface area contributed by atoms with Gasteiger partial charge in [0.15, 0.2) is 5.96 Å². The SMILES string of the molecule is CCNC(=NCc1nc(-c2cccc(Cl)c2)no1)NC(C)c1cccc(-n2cccn2)c1.I.